The molecule has 0 amide bonds. The zero-order valence-electron chi connectivity index (χ0n) is 8.68. The summed E-state index contributed by atoms with van der Waals surface area (Å²) in [6.45, 7) is 4.00. The normalized spacial score (nSPS) is 10.8. The SMILES string of the molecule is CC.Fc1cccc(OC(F)(F)C(F)F)c1. The summed E-state index contributed by atoms with van der Waals surface area (Å²) in [6, 6.07) is 3.61. The predicted molar refractivity (Wildman–Crippen MR) is 49.3 cm³/mol. The molecule has 0 radical (unpaired) electrons. The van der Waals surface area contributed by atoms with E-state index >= 15 is 0 Å². The van der Waals surface area contributed by atoms with Gasteiger partial charge in [-0.3, -0.25) is 0 Å². The monoisotopic (exact) mass is 242 g/mol. The van der Waals surface area contributed by atoms with Gasteiger partial charge in [0.05, 0.1) is 0 Å². The van der Waals surface area contributed by atoms with E-state index in [0.29, 0.717) is 6.07 Å². The van der Waals surface area contributed by atoms with Crippen molar-refractivity contribution in [2.24, 2.45) is 0 Å². The molecule has 0 aliphatic heterocycles. The second-order valence-electron chi connectivity index (χ2n) is 2.42. The number of alkyl halides is 4. The first kappa shape index (κ1) is 14.7. The summed E-state index contributed by atoms with van der Waals surface area (Å²) >= 11 is 0. The topological polar surface area (TPSA) is 9.23 Å². The first-order chi connectivity index (χ1) is 7.42. The minimum Gasteiger partial charge on any atom is -0.428 e. The van der Waals surface area contributed by atoms with Crippen molar-refractivity contribution in [2.75, 3.05) is 0 Å². The van der Waals surface area contributed by atoms with E-state index in [1.165, 1.54) is 0 Å². The van der Waals surface area contributed by atoms with Crippen molar-refractivity contribution in [1.29, 1.82) is 0 Å². The average molecular weight is 242 g/mol. The Hall–Kier alpha value is -1.33. The fraction of sp³-hybridized carbons (Fsp3) is 0.400. The molecular formula is C10H11F5O. The van der Waals surface area contributed by atoms with Gasteiger partial charge < -0.3 is 4.74 Å². The molecule has 1 nitrogen and oxygen atoms in total. The van der Waals surface area contributed by atoms with E-state index in [1.54, 1.807) is 0 Å². The number of halogens is 5. The standard InChI is InChI=1S/C8H5F5O.C2H6/c9-5-2-1-3-6(4-5)14-8(12,13)7(10)11;1-2/h1-4,7H;1-2H3. The maximum Gasteiger partial charge on any atom is 0.461 e. The number of benzene rings is 1. The molecule has 0 saturated carbocycles. The van der Waals surface area contributed by atoms with E-state index in [-0.39, 0.29) is 0 Å². The van der Waals surface area contributed by atoms with Crippen LogP contribution in [0.5, 0.6) is 5.75 Å². The van der Waals surface area contributed by atoms with E-state index in [2.05, 4.69) is 4.74 Å². The molecule has 0 fully saturated rings. The van der Waals surface area contributed by atoms with Crippen LogP contribution in [0.15, 0.2) is 24.3 Å². The Morgan fingerprint density at radius 2 is 1.75 bits per heavy atom. The molecule has 0 aliphatic rings. The van der Waals surface area contributed by atoms with Crippen molar-refractivity contribution >= 4 is 0 Å². The van der Waals surface area contributed by atoms with Crippen LogP contribution in [-0.4, -0.2) is 12.5 Å². The molecule has 0 atom stereocenters. The van der Waals surface area contributed by atoms with Crippen LogP contribution in [0.1, 0.15) is 13.8 Å². The Bertz CT molecular complexity index is 314. The fourth-order valence-electron chi connectivity index (χ4n) is 0.732. The van der Waals surface area contributed by atoms with Crippen molar-refractivity contribution in [3.05, 3.63) is 30.1 Å². The summed E-state index contributed by atoms with van der Waals surface area (Å²) in [6.07, 6.45) is -8.56. The van der Waals surface area contributed by atoms with Gasteiger partial charge in [-0.2, -0.15) is 17.6 Å². The van der Waals surface area contributed by atoms with Crippen LogP contribution in [-0.2, 0) is 0 Å². The van der Waals surface area contributed by atoms with E-state index in [0.717, 1.165) is 18.2 Å². The Morgan fingerprint density at radius 1 is 1.19 bits per heavy atom. The van der Waals surface area contributed by atoms with Crippen LogP contribution in [0, 0.1) is 5.82 Å². The number of rotatable bonds is 3. The molecule has 0 aromatic heterocycles. The molecular weight excluding hydrogens is 231 g/mol. The molecule has 0 saturated heterocycles. The van der Waals surface area contributed by atoms with E-state index in [9.17, 15) is 22.0 Å². The first-order valence-electron chi connectivity index (χ1n) is 4.52. The second-order valence-corrected chi connectivity index (χ2v) is 2.42. The van der Waals surface area contributed by atoms with Gasteiger partial charge >= 0.3 is 12.5 Å². The molecule has 1 aromatic carbocycles. The number of ether oxygens (including phenoxy) is 1. The highest BCUT2D eigenvalue weighted by atomic mass is 19.3. The van der Waals surface area contributed by atoms with E-state index < -0.39 is 24.1 Å². The van der Waals surface area contributed by atoms with Crippen LogP contribution in [0.3, 0.4) is 0 Å². The van der Waals surface area contributed by atoms with Gasteiger partial charge in [-0.1, -0.05) is 19.9 Å². The first-order valence-corrected chi connectivity index (χ1v) is 4.52. The van der Waals surface area contributed by atoms with Gasteiger partial charge in [-0.25, -0.2) is 4.39 Å². The van der Waals surface area contributed by atoms with Crippen molar-refractivity contribution in [3.63, 3.8) is 0 Å². The minimum absolute atomic E-state index is 0.594. The molecule has 1 aromatic rings. The van der Waals surface area contributed by atoms with Gasteiger partial charge in [0.1, 0.15) is 11.6 Å². The minimum atomic E-state index is -4.60. The van der Waals surface area contributed by atoms with Gasteiger partial charge in [0, 0.05) is 6.07 Å². The molecule has 92 valence electrons. The zero-order valence-corrected chi connectivity index (χ0v) is 8.68. The smallest absolute Gasteiger partial charge is 0.428 e. The second kappa shape index (κ2) is 6.30. The van der Waals surface area contributed by atoms with Crippen LogP contribution >= 0.6 is 0 Å². The Balaban J connectivity index is 0.00000106. The molecule has 0 N–H and O–H groups in total. The molecule has 6 heteroatoms. The van der Waals surface area contributed by atoms with Crippen LogP contribution < -0.4 is 4.74 Å². The van der Waals surface area contributed by atoms with Crippen molar-refractivity contribution < 1.29 is 26.7 Å². The summed E-state index contributed by atoms with van der Waals surface area (Å²) in [5, 5.41) is 0. The number of hydrogen-bond donors (Lipinski definition) is 0. The van der Waals surface area contributed by atoms with Gasteiger partial charge in [0.2, 0.25) is 0 Å². The number of hydrogen-bond acceptors (Lipinski definition) is 1. The summed E-state index contributed by atoms with van der Waals surface area (Å²) < 4.78 is 63.9. The molecule has 16 heavy (non-hydrogen) atoms. The third-order valence-corrected chi connectivity index (χ3v) is 1.30. The quantitative estimate of drug-likeness (QED) is 0.725. The van der Waals surface area contributed by atoms with Crippen molar-refractivity contribution in [1.82, 2.24) is 0 Å². The molecule has 1 rings (SSSR count). The highest BCUT2D eigenvalue weighted by molar-refractivity contribution is 5.22. The van der Waals surface area contributed by atoms with Gasteiger partial charge in [0.15, 0.2) is 0 Å². The largest absolute Gasteiger partial charge is 0.461 e. The van der Waals surface area contributed by atoms with Crippen molar-refractivity contribution in [2.45, 2.75) is 26.4 Å². The van der Waals surface area contributed by atoms with Gasteiger partial charge in [-0.15, -0.1) is 0 Å². The summed E-state index contributed by atoms with van der Waals surface area (Å²) in [7, 11) is 0. The average Bonchev–Trinajstić information content (AvgIpc) is 2.19. The van der Waals surface area contributed by atoms with Gasteiger partial charge in [-0.05, 0) is 12.1 Å². The third-order valence-electron chi connectivity index (χ3n) is 1.30. The lowest BCUT2D eigenvalue weighted by molar-refractivity contribution is -0.253. The van der Waals surface area contributed by atoms with Crippen LogP contribution in [0.4, 0.5) is 22.0 Å². The van der Waals surface area contributed by atoms with Crippen molar-refractivity contribution in [3.8, 4) is 5.75 Å². The molecule has 0 heterocycles. The predicted octanol–water partition coefficient (Wildman–Crippen LogP) is 4.09. The van der Waals surface area contributed by atoms with E-state index in [1.807, 2.05) is 13.8 Å². The van der Waals surface area contributed by atoms with Crippen LogP contribution in [0.25, 0.3) is 0 Å². The maximum absolute atomic E-state index is 12.4. The maximum atomic E-state index is 12.4. The molecule has 0 aliphatic carbocycles. The lowest BCUT2D eigenvalue weighted by Crippen LogP contribution is -2.33. The fourth-order valence-corrected chi connectivity index (χ4v) is 0.732. The molecule has 0 bridgehead atoms. The Morgan fingerprint density at radius 3 is 2.19 bits per heavy atom. The molecule has 0 unspecified atom stereocenters. The lowest BCUT2D eigenvalue weighted by Gasteiger charge is -2.16. The highest BCUT2D eigenvalue weighted by Crippen LogP contribution is 2.27. The lowest BCUT2D eigenvalue weighted by atomic mass is 10.3. The summed E-state index contributed by atoms with van der Waals surface area (Å²) in [5.41, 5.74) is 0. The van der Waals surface area contributed by atoms with E-state index in [4.69, 9.17) is 0 Å². The third kappa shape index (κ3) is 4.46. The Labute approximate surface area is 89.8 Å². The Kier molecular flexibility index (Phi) is 5.77. The van der Waals surface area contributed by atoms with Gasteiger partial charge in [0.25, 0.3) is 0 Å². The zero-order chi connectivity index (χ0) is 12.8. The highest BCUT2D eigenvalue weighted by Gasteiger charge is 2.43. The summed E-state index contributed by atoms with van der Waals surface area (Å²) in [5.74, 6) is -1.48. The molecule has 0 spiro atoms. The summed E-state index contributed by atoms with van der Waals surface area (Å²) in [4.78, 5) is 0. The van der Waals surface area contributed by atoms with Crippen LogP contribution in [0.2, 0.25) is 0 Å².